The molecule has 5 heteroatoms. The monoisotopic (exact) mass is 309 g/mol. The Hall–Kier alpha value is -1.39. The number of carbonyl (C=O) groups excluding carboxylic acids is 1. The van der Waals surface area contributed by atoms with E-state index in [1.165, 1.54) is 12.8 Å². The molecule has 0 unspecified atom stereocenters. The predicted molar refractivity (Wildman–Crippen MR) is 88.2 cm³/mol. The zero-order chi connectivity index (χ0) is 16.3. The van der Waals surface area contributed by atoms with Crippen molar-refractivity contribution >= 4 is 6.09 Å². The average molecular weight is 309 g/mol. The van der Waals surface area contributed by atoms with Gasteiger partial charge in [0.25, 0.3) is 0 Å². The van der Waals surface area contributed by atoms with Crippen LogP contribution in [-0.4, -0.2) is 47.7 Å². The summed E-state index contributed by atoms with van der Waals surface area (Å²) in [5.41, 5.74) is 5.35. The van der Waals surface area contributed by atoms with Crippen LogP contribution in [-0.2, 0) is 4.74 Å². The standard InChI is InChI=1S/C17H31N3O2/c1-13(18)19-9-5-14(6-10-19)15-7-11-20(12-8-15)16(21)22-17(2,3)4/h14-15H,1,5-12,18H2,2-4H3. The molecule has 2 aliphatic rings. The Kier molecular flexibility index (Phi) is 5.24. The highest BCUT2D eigenvalue weighted by molar-refractivity contribution is 5.68. The van der Waals surface area contributed by atoms with E-state index < -0.39 is 5.60 Å². The van der Waals surface area contributed by atoms with Crippen LogP contribution in [0.3, 0.4) is 0 Å². The van der Waals surface area contributed by atoms with E-state index in [-0.39, 0.29) is 6.09 Å². The van der Waals surface area contributed by atoms with Crippen molar-refractivity contribution in [1.82, 2.24) is 9.80 Å². The van der Waals surface area contributed by atoms with Gasteiger partial charge in [-0.1, -0.05) is 6.58 Å². The first-order chi connectivity index (χ1) is 10.3. The lowest BCUT2D eigenvalue weighted by atomic mass is 9.79. The van der Waals surface area contributed by atoms with Crippen molar-refractivity contribution in [3.8, 4) is 0 Å². The van der Waals surface area contributed by atoms with Gasteiger partial charge in [0.2, 0.25) is 0 Å². The molecule has 2 saturated heterocycles. The quantitative estimate of drug-likeness (QED) is 0.852. The molecule has 0 aliphatic carbocycles. The first-order valence-corrected chi connectivity index (χ1v) is 8.43. The second-order valence-corrected chi connectivity index (χ2v) is 7.62. The van der Waals surface area contributed by atoms with E-state index in [2.05, 4.69) is 11.5 Å². The van der Waals surface area contributed by atoms with Gasteiger partial charge < -0.3 is 20.3 Å². The molecule has 0 aromatic carbocycles. The van der Waals surface area contributed by atoms with Gasteiger partial charge in [-0.2, -0.15) is 0 Å². The minimum atomic E-state index is -0.411. The molecule has 0 aromatic rings. The van der Waals surface area contributed by atoms with E-state index in [0.29, 0.717) is 5.82 Å². The van der Waals surface area contributed by atoms with Crippen LogP contribution in [0.5, 0.6) is 0 Å². The molecule has 2 heterocycles. The van der Waals surface area contributed by atoms with Crippen LogP contribution in [0, 0.1) is 11.8 Å². The summed E-state index contributed by atoms with van der Waals surface area (Å²) in [6, 6.07) is 0. The Morgan fingerprint density at radius 2 is 1.41 bits per heavy atom. The van der Waals surface area contributed by atoms with E-state index >= 15 is 0 Å². The Balaban J connectivity index is 1.76. The molecule has 0 atom stereocenters. The molecule has 0 aromatic heterocycles. The van der Waals surface area contributed by atoms with Crippen LogP contribution in [0.25, 0.3) is 0 Å². The molecule has 126 valence electrons. The number of hydrogen-bond donors (Lipinski definition) is 1. The van der Waals surface area contributed by atoms with E-state index in [1.807, 2.05) is 25.7 Å². The molecule has 0 radical (unpaired) electrons. The number of carbonyl (C=O) groups is 1. The zero-order valence-electron chi connectivity index (χ0n) is 14.3. The van der Waals surface area contributed by atoms with Crippen molar-refractivity contribution in [1.29, 1.82) is 0 Å². The number of hydrogen-bond acceptors (Lipinski definition) is 4. The second kappa shape index (κ2) is 6.80. The molecule has 22 heavy (non-hydrogen) atoms. The van der Waals surface area contributed by atoms with Crippen LogP contribution < -0.4 is 5.73 Å². The molecule has 0 spiro atoms. The average Bonchev–Trinajstić information content (AvgIpc) is 2.46. The maximum Gasteiger partial charge on any atom is 0.410 e. The van der Waals surface area contributed by atoms with Crippen LogP contribution >= 0.6 is 0 Å². The topological polar surface area (TPSA) is 58.8 Å². The second-order valence-electron chi connectivity index (χ2n) is 7.62. The number of likely N-dealkylation sites (tertiary alicyclic amines) is 2. The highest BCUT2D eigenvalue weighted by atomic mass is 16.6. The number of nitrogens with two attached hydrogens (primary N) is 1. The number of rotatable bonds is 2. The summed E-state index contributed by atoms with van der Waals surface area (Å²) >= 11 is 0. The van der Waals surface area contributed by atoms with E-state index in [4.69, 9.17) is 10.5 Å². The third kappa shape index (κ3) is 4.55. The summed E-state index contributed by atoms with van der Waals surface area (Å²) in [5, 5.41) is 0. The van der Waals surface area contributed by atoms with Crippen LogP contribution in [0.2, 0.25) is 0 Å². The summed E-state index contributed by atoms with van der Waals surface area (Å²) in [6.07, 6.45) is 4.39. The van der Waals surface area contributed by atoms with Gasteiger partial charge in [-0.05, 0) is 58.3 Å². The minimum absolute atomic E-state index is 0.166. The highest BCUT2D eigenvalue weighted by Crippen LogP contribution is 2.33. The first-order valence-electron chi connectivity index (χ1n) is 8.43. The van der Waals surface area contributed by atoms with Gasteiger partial charge in [0.15, 0.2) is 0 Å². The minimum Gasteiger partial charge on any atom is -0.444 e. The summed E-state index contributed by atoms with van der Waals surface area (Å²) in [6.45, 7) is 13.2. The van der Waals surface area contributed by atoms with Gasteiger partial charge in [0.1, 0.15) is 5.60 Å². The Labute approximate surface area is 134 Å². The van der Waals surface area contributed by atoms with E-state index in [1.54, 1.807) is 0 Å². The van der Waals surface area contributed by atoms with Crippen LogP contribution in [0.15, 0.2) is 12.4 Å². The van der Waals surface area contributed by atoms with Crippen molar-refractivity contribution < 1.29 is 9.53 Å². The predicted octanol–water partition coefficient (Wildman–Crippen LogP) is 2.78. The summed E-state index contributed by atoms with van der Waals surface area (Å²) in [7, 11) is 0. The van der Waals surface area contributed by atoms with Crippen molar-refractivity contribution in [3.05, 3.63) is 12.4 Å². The maximum absolute atomic E-state index is 12.1. The van der Waals surface area contributed by atoms with E-state index in [0.717, 1.165) is 50.9 Å². The third-order valence-electron chi connectivity index (χ3n) is 4.80. The molecule has 2 fully saturated rings. The Morgan fingerprint density at radius 3 is 1.77 bits per heavy atom. The van der Waals surface area contributed by atoms with Crippen molar-refractivity contribution in [2.75, 3.05) is 26.2 Å². The van der Waals surface area contributed by atoms with Gasteiger partial charge in [0, 0.05) is 26.2 Å². The lowest BCUT2D eigenvalue weighted by molar-refractivity contribution is 0.0140. The van der Waals surface area contributed by atoms with Gasteiger partial charge in [-0.3, -0.25) is 0 Å². The van der Waals surface area contributed by atoms with Gasteiger partial charge in [-0.25, -0.2) is 4.79 Å². The molecule has 0 saturated carbocycles. The molecular formula is C17H31N3O2. The van der Waals surface area contributed by atoms with Crippen LogP contribution in [0.1, 0.15) is 46.5 Å². The Morgan fingerprint density at radius 1 is 1.00 bits per heavy atom. The van der Waals surface area contributed by atoms with Gasteiger partial charge in [-0.15, -0.1) is 0 Å². The summed E-state index contributed by atoms with van der Waals surface area (Å²) in [5.74, 6) is 2.18. The largest absolute Gasteiger partial charge is 0.444 e. The van der Waals surface area contributed by atoms with Gasteiger partial charge in [0.05, 0.1) is 5.82 Å². The fourth-order valence-electron chi connectivity index (χ4n) is 3.54. The smallest absolute Gasteiger partial charge is 0.410 e. The molecule has 5 nitrogen and oxygen atoms in total. The fraction of sp³-hybridized carbons (Fsp3) is 0.824. The molecule has 1 amide bonds. The SMILES string of the molecule is C=C(N)N1CCC(C2CCN(C(=O)OC(C)(C)C)CC2)CC1. The van der Waals surface area contributed by atoms with Crippen molar-refractivity contribution in [2.24, 2.45) is 17.6 Å². The lowest BCUT2D eigenvalue weighted by Crippen LogP contribution is -2.44. The lowest BCUT2D eigenvalue weighted by Gasteiger charge is -2.40. The third-order valence-corrected chi connectivity index (χ3v) is 4.80. The number of nitrogens with zero attached hydrogens (tertiary/aromatic N) is 2. The number of amides is 1. The fourth-order valence-corrected chi connectivity index (χ4v) is 3.54. The van der Waals surface area contributed by atoms with Crippen LogP contribution in [0.4, 0.5) is 4.79 Å². The molecule has 2 rings (SSSR count). The molecule has 2 aliphatic heterocycles. The Bertz CT molecular complexity index is 401. The van der Waals surface area contributed by atoms with Gasteiger partial charge >= 0.3 is 6.09 Å². The van der Waals surface area contributed by atoms with Crippen molar-refractivity contribution in [2.45, 2.75) is 52.1 Å². The van der Waals surface area contributed by atoms with E-state index in [9.17, 15) is 4.79 Å². The summed E-state index contributed by atoms with van der Waals surface area (Å²) in [4.78, 5) is 16.1. The molecular weight excluding hydrogens is 278 g/mol. The maximum atomic E-state index is 12.1. The molecule has 0 bridgehead atoms. The van der Waals surface area contributed by atoms with Crippen molar-refractivity contribution in [3.63, 3.8) is 0 Å². The highest BCUT2D eigenvalue weighted by Gasteiger charge is 2.32. The zero-order valence-corrected chi connectivity index (χ0v) is 14.3. The molecule has 2 N–H and O–H groups in total. The first kappa shape index (κ1) is 17.0. The summed E-state index contributed by atoms with van der Waals surface area (Å²) < 4.78 is 5.46. The normalized spacial score (nSPS) is 21.8. The number of piperidine rings is 2. The number of ether oxygens (including phenoxy) is 1.